The molecule has 0 saturated carbocycles. The fourth-order valence-electron chi connectivity index (χ4n) is 3.02. The average molecular weight is 370 g/mol. The lowest BCUT2D eigenvalue weighted by Crippen LogP contribution is -2.40. The van der Waals surface area contributed by atoms with Crippen molar-refractivity contribution < 1.29 is 19.1 Å². The molecule has 8 heteroatoms. The lowest BCUT2D eigenvalue weighted by atomic mass is 10.1. The zero-order valence-corrected chi connectivity index (χ0v) is 15.3. The highest BCUT2D eigenvalue weighted by molar-refractivity contribution is 6.09. The van der Waals surface area contributed by atoms with Gasteiger partial charge in [-0.25, -0.2) is 0 Å². The van der Waals surface area contributed by atoms with Gasteiger partial charge in [0, 0.05) is 38.4 Å². The summed E-state index contributed by atoms with van der Waals surface area (Å²) in [6, 6.07) is 5.46. The van der Waals surface area contributed by atoms with Crippen molar-refractivity contribution in [3.05, 3.63) is 18.2 Å². The maximum absolute atomic E-state index is 12.7. The van der Waals surface area contributed by atoms with Gasteiger partial charge in [-0.2, -0.15) is 0 Å². The predicted octanol–water partition coefficient (Wildman–Crippen LogP) is 0.910. The predicted molar refractivity (Wildman–Crippen MR) is 96.7 cm³/mol. The van der Waals surface area contributed by atoms with E-state index in [9.17, 15) is 9.59 Å². The zero-order valence-electron chi connectivity index (χ0n) is 14.5. The van der Waals surface area contributed by atoms with Crippen molar-refractivity contribution >= 4 is 29.9 Å². The van der Waals surface area contributed by atoms with E-state index in [0.717, 1.165) is 5.69 Å². The molecule has 2 aliphatic heterocycles. The maximum atomic E-state index is 12.7. The summed E-state index contributed by atoms with van der Waals surface area (Å²) in [6.45, 7) is 2.86. The monoisotopic (exact) mass is 369 g/mol. The Labute approximate surface area is 153 Å². The highest BCUT2D eigenvalue weighted by atomic mass is 35.5. The average Bonchev–Trinajstić information content (AvgIpc) is 3.00. The molecule has 25 heavy (non-hydrogen) atoms. The Morgan fingerprint density at radius 2 is 2.04 bits per heavy atom. The van der Waals surface area contributed by atoms with Crippen molar-refractivity contribution in [1.29, 1.82) is 0 Å². The fourth-order valence-corrected chi connectivity index (χ4v) is 3.02. The lowest BCUT2D eigenvalue weighted by Gasteiger charge is -2.23. The van der Waals surface area contributed by atoms with Gasteiger partial charge in [-0.15, -0.1) is 12.4 Å². The highest BCUT2D eigenvalue weighted by Crippen LogP contribution is 2.36. The summed E-state index contributed by atoms with van der Waals surface area (Å²) in [5, 5.41) is 3.00. The molecule has 0 aliphatic carbocycles. The molecule has 2 heterocycles. The third kappa shape index (κ3) is 3.99. The van der Waals surface area contributed by atoms with Crippen LogP contribution in [0.15, 0.2) is 18.2 Å². The quantitative estimate of drug-likeness (QED) is 0.781. The van der Waals surface area contributed by atoms with Gasteiger partial charge in [-0.3, -0.25) is 9.59 Å². The van der Waals surface area contributed by atoms with E-state index < -0.39 is 5.92 Å². The van der Waals surface area contributed by atoms with E-state index in [-0.39, 0.29) is 24.2 Å². The topological polar surface area (TPSA) is 71.1 Å². The van der Waals surface area contributed by atoms with Crippen LogP contribution < -0.4 is 19.7 Å². The Morgan fingerprint density at radius 1 is 1.32 bits per heavy atom. The van der Waals surface area contributed by atoms with Crippen molar-refractivity contribution in [3.8, 4) is 11.5 Å². The molecule has 0 spiro atoms. The minimum atomic E-state index is -0.597. The van der Waals surface area contributed by atoms with Crippen LogP contribution in [0.1, 0.15) is 6.42 Å². The van der Waals surface area contributed by atoms with Crippen molar-refractivity contribution in [2.45, 2.75) is 6.42 Å². The number of fused-ring (bicyclic) bond motifs is 1. The molecule has 2 amide bonds. The van der Waals surface area contributed by atoms with Gasteiger partial charge in [0.1, 0.15) is 19.1 Å². The molecule has 7 nitrogen and oxygen atoms in total. The van der Waals surface area contributed by atoms with Crippen LogP contribution in [0.2, 0.25) is 0 Å². The summed E-state index contributed by atoms with van der Waals surface area (Å²) in [7, 11) is 3.57. The summed E-state index contributed by atoms with van der Waals surface area (Å²) in [4.78, 5) is 28.4. The molecule has 1 aromatic rings. The first-order chi connectivity index (χ1) is 11.6. The minimum Gasteiger partial charge on any atom is -0.486 e. The van der Waals surface area contributed by atoms with E-state index in [0.29, 0.717) is 50.8 Å². The van der Waals surface area contributed by atoms with Crippen LogP contribution >= 0.6 is 12.4 Å². The molecule has 0 bridgehead atoms. The van der Waals surface area contributed by atoms with Crippen LogP contribution in [0.25, 0.3) is 0 Å². The third-order valence-corrected chi connectivity index (χ3v) is 4.41. The summed E-state index contributed by atoms with van der Waals surface area (Å²) < 4.78 is 11.1. The Hall–Kier alpha value is -1.99. The lowest BCUT2D eigenvalue weighted by molar-refractivity contribution is -0.138. The van der Waals surface area contributed by atoms with E-state index in [1.54, 1.807) is 16.8 Å². The summed E-state index contributed by atoms with van der Waals surface area (Å²) >= 11 is 0. The number of benzene rings is 1. The molecule has 2 aliphatic rings. The molecule has 0 radical (unpaired) electrons. The van der Waals surface area contributed by atoms with Gasteiger partial charge in [-0.05, 0) is 25.6 Å². The molecule has 1 unspecified atom stereocenters. The second-order valence-corrected chi connectivity index (χ2v) is 6.02. The number of hydrogen-bond donors (Lipinski definition) is 1. The first-order valence-corrected chi connectivity index (χ1v) is 8.22. The van der Waals surface area contributed by atoms with Gasteiger partial charge in [0.25, 0.3) is 0 Å². The van der Waals surface area contributed by atoms with Crippen molar-refractivity contribution in [2.75, 3.05) is 51.8 Å². The molecule has 1 atom stereocenters. The van der Waals surface area contributed by atoms with Crippen LogP contribution in [-0.4, -0.2) is 63.7 Å². The van der Waals surface area contributed by atoms with Crippen LogP contribution in [0.3, 0.4) is 0 Å². The van der Waals surface area contributed by atoms with Crippen LogP contribution in [-0.2, 0) is 9.59 Å². The Kier molecular flexibility index (Phi) is 6.50. The van der Waals surface area contributed by atoms with Crippen LogP contribution in [0, 0.1) is 5.92 Å². The Bertz CT molecular complexity index is 640. The number of nitrogens with zero attached hydrogens (tertiary/aromatic N) is 2. The zero-order chi connectivity index (χ0) is 17.1. The minimum absolute atomic E-state index is 0. The molecule has 138 valence electrons. The number of nitrogens with one attached hydrogen (secondary N) is 1. The summed E-state index contributed by atoms with van der Waals surface area (Å²) in [6.07, 6.45) is 0.538. The van der Waals surface area contributed by atoms with E-state index in [1.807, 2.05) is 25.2 Å². The molecule has 3 rings (SSSR count). The Morgan fingerprint density at radius 3 is 2.76 bits per heavy atom. The molecular formula is C17H24ClN3O4. The van der Waals surface area contributed by atoms with E-state index in [4.69, 9.17) is 9.47 Å². The third-order valence-electron chi connectivity index (χ3n) is 4.41. The molecular weight excluding hydrogens is 346 g/mol. The number of likely N-dealkylation sites (N-methyl/N-ethyl adjacent to an activating group) is 2. The molecule has 1 saturated heterocycles. The normalized spacial score (nSPS) is 18.7. The highest BCUT2D eigenvalue weighted by Gasteiger charge is 2.39. The number of carbonyl (C=O) groups is 2. The molecule has 1 aromatic carbocycles. The van der Waals surface area contributed by atoms with E-state index >= 15 is 0 Å². The summed E-state index contributed by atoms with van der Waals surface area (Å²) in [5.41, 5.74) is 0.748. The number of hydrogen-bond acceptors (Lipinski definition) is 5. The first kappa shape index (κ1) is 19.3. The maximum Gasteiger partial charge on any atom is 0.239 e. The molecule has 1 N–H and O–H groups in total. The van der Waals surface area contributed by atoms with Gasteiger partial charge in [0.05, 0.1) is 0 Å². The van der Waals surface area contributed by atoms with E-state index in [1.165, 1.54) is 0 Å². The number of ether oxygens (including phenoxy) is 2. The number of halogens is 1. The number of anilines is 1. The van der Waals surface area contributed by atoms with Gasteiger partial charge in [-0.1, -0.05) is 0 Å². The van der Waals surface area contributed by atoms with Gasteiger partial charge in [0.15, 0.2) is 11.5 Å². The van der Waals surface area contributed by atoms with Crippen molar-refractivity contribution in [2.24, 2.45) is 5.92 Å². The summed E-state index contributed by atoms with van der Waals surface area (Å²) in [5.74, 6) is 0.479. The number of amides is 2. The van der Waals surface area contributed by atoms with Crippen LogP contribution in [0.4, 0.5) is 5.69 Å². The first-order valence-electron chi connectivity index (χ1n) is 8.22. The van der Waals surface area contributed by atoms with Gasteiger partial charge in [0.2, 0.25) is 11.8 Å². The second kappa shape index (κ2) is 8.40. The molecule has 0 aromatic heterocycles. The van der Waals surface area contributed by atoms with Gasteiger partial charge >= 0.3 is 0 Å². The van der Waals surface area contributed by atoms with Gasteiger partial charge < -0.3 is 24.6 Å². The second-order valence-electron chi connectivity index (χ2n) is 6.02. The van der Waals surface area contributed by atoms with Crippen LogP contribution in [0.5, 0.6) is 11.5 Å². The van der Waals surface area contributed by atoms with E-state index in [2.05, 4.69) is 5.32 Å². The molecule has 1 fully saturated rings. The van der Waals surface area contributed by atoms with Crippen molar-refractivity contribution in [3.63, 3.8) is 0 Å². The standard InChI is InChI=1S/C17H23N3O4.ClH/c1-18-6-8-19(2)16(21)13-5-7-20(17(13)22)12-3-4-14-15(11-12)24-10-9-23-14;/h3-4,11,13,18H,5-10H2,1-2H3;1H. The number of rotatable bonds is 5. The van der Waals surface area contributed by atoms with Crippen molar-refractivity contribution in [1.82, 2.24) is 10.2 Å². The largest absolute Gasteiger partial charge is 0.486 e. The smallest absolute Gasteiger partial charge is 0.239 e. The number of carbonyl (C=O) groups excluding carboxylic acids is 2. The SMILES string of the molecule is CNCCN(C)C(=O)C1CCN(c2ccc3c(c2)OCCO3)C1=O.Cl. The fraction of sp³-hybridized carbons (Fsp3) is 0.529. The Balaban J connectivity index is 0.00000225.